The van der Waals surface area contributed by atoms with Crippen molar-refractivity contribution in [1.29, 1.82) is 0 Å². The van der Waals surface area contributed by atoms with Gasteiger partial charge >= 0.3 is 0 Å². The average Bonchev–Trinajstić information content (AvgIpc) is 3.54. The molecule has 2 fully saturated rings. The molecule has 0 unspecified atom stereocenters. The van der Waals surface area contributed by atoms with Crippen molar-refractivity contribution in [3.63, 3.8) is 0 Å². The molecule has 0 atom stereocenters. The molecule has 0 spiro atoms. The number of fused-ring (bicyclic) bond motifs is 2. The molecule has 192 valence electrons. The minimum absolute atomic E-state index is 0.0177. The fraction of sp³-hybridized carbons (Fsp3) is 0.387. The standard InChI is InChI=1S/C25H25N5O.C6H12/c1-4-19(24-15-29(3)10-8-26-24)18-11-21-20(5-6-23(21)27-13-18)17-7-9-30-25(12-17)22(14-28-30)16(2)31;1-2-4-6-5-3-1/h4-5,7,9,11-14,26H,1,6,8,10,15H2,2-3H3;1-6H2/b24-19+;. The van der Waals surface area contributed by atoms with Crippen molar-refractivity contribution in [2.75, 3.05) is 26.7 Å². The zero-order chi connectivity index (χ0) is 25.8. The minimum atomic E-state index is 0.0177. The molecule has 2 aliphatic carbocycles. The van der Waals surface area contributed by atoms with Gasteiger partial charge in [0.15, 0.2) is 5.78 Å². The summed E-state index contributed by atoms with van der Waals surface area (Å²) >= 11 is 0. The predicted octanol–water partition coefficient (Wildman–Crippen LogP) is 5.69. The molecule has 4 heterocycles. The number of nitrogens with zero attached hydrogens (tertiary/aromatic N) is 4. The first-order chi connectivity index (χ1) is 18.0. The summed E-state index contributed by atoms with van der Waals surface area (Å²) in [7, 11) is 2.13. The largest absolute Gasteiger partial charge is 0.386 e. The highest BCUT2D eigenvalue weighted by molar-refractivity contribution is 6.01. The lowest BCUT2D eigenvalue weighted by Crippen LogP contribution is -2.40. The summed E-state index contributed by atoms with van der Waals surface area (Å²) in [6.45, 7) is 8.46. The van der Waals surface area contributed by atoms with E-state index in [-0.39, 0.29) is 5.78 Å². The van der Waals surface area contributed by atoms with E-state index >= 15 is 0 Å². The highest BCUT2D eigenvalue weighted by Crippen LogP contribution is 2.35. The van der Waals surface area contributed by atoms with Gasteiger partial charge in [0.2, 0.25) is 0 Å². The van der Waals surface area contributed by atoms with Gasteiger partial charge in [-0.1, -0.05) is 57.3 Å². The maximum Gasteiger partial charge on any atom is 0.163 e. The van der Waals surface area contributed by atoms with Crippen LogP contribution in [0.3, 0.4) is 0 Å². The molecule has 6 rings (SSSR count). The monoisotopic (exact) mass is 495 g/mol. The Morgan fingerprint density at radius 1 is 1.11 bits per heavy atom. The molecular weight excluding hydrogens is 458 g/mol. The van der Waals surface area contributed by atoms with Gasteiger partial charge in [0.25, 0.3) is 0 Å². The molecule has 0 bridgehead atoms. The average molecular weight is 496 g/mol. The fourth-order valence-electron chi connectivity index (χ4n) is 5.50. The molecule has 1 saturated carbocycles. The molecule has 1 aliphatic heterocycles. The van der Waals surface area contributed by atoms with Crippen LogP contribution < -0.4 is 5.32 Å². The number of carbonyl (C=O) groups excluding carboxylic acids is 1. The zero-order valence-electron chi connectivity index (χ0n) is 22.1. The summed E-state index contributed by atoms with van der Waals surface area (Å²) in [6.07, 6.45) is 19.4. The minimum Gasteiger partial charge on any atom is -0.386 e. The molecule has 6 nitrogen and oxygen atoms in total. The summed E-state index contributed by atoms with van der Waals surface area (Å²) in [5, 5.41) is 7.82. The molecule has 6 heteroatoms. The quantitative estimate of drug-likeness (QED) is 0.471. The summed E-state index contributed by atoms with van der Waals surface area (Å²) in [4.78, 5) is 19.0. The van der Waals surface area contributed by atoms with Crippen molar-refractivity contribution >= 4 is 22.4 Å². The highest BCUT2D eigenvalue weighted by atomic mass is 16.1. The van der Waals surface area contributed by atoms with Crippen LogP contribution in [0.15, 0.2) is 61.2 Å². The number of ketones is 1. The first kappa shape index (κ1) is 25.2. The van der Waals surface area contributed by atoms with Gasteiger partial charge in [-0.25, -0.2) is 4.52 Å². The second kappa shape index (κ2) is 11.3. The molecule has 0 radical (unpaired) electrons. The van der Waals surface area contributed by atoms with Crippen LogP contribution in [0.1, 0.15) is 78.2 Å². The number of piperazine rings is 1. The summed E-state index contributed by atoms with van der Waals surface area (Å²) < 4.78 is 1.75. The van der Waals surface area contributed by atoms with Gasteiger partial charge in [0, 0.05) is 60.8 Å². The normalized spacial score (nSPS) is 18.8. The topological polar surface area (TPSA) is 62.5 Å². The third-order valence-corrected chi connectivity index (χ3v) is 7.57. The number of hydrogen-bond acceptors (Lipinski definition) is 5. The Morgan fingerprint density at radius 3 is 2.54 bits per heavy atom. The number of nitrogens with one attached hydrogen (secondary N) is 1. The van der Waals surface area contributed by atoms with Gasteiger partial charge in [-0.2, -0.15) is 5.10 Å². The van der Waals surface area contributed by atoms with E-state index in [0.29, 0.717) is 5.56 Å². The smallest absolute Gasteiger partial charge is 0.163 e. The van der Waals surface area contributed by atoms with E-state index in [9.17, 15) is 4.79 Å². The van der Waals surface area contributed by atoms with Gasteiger partial charge in [-0.05, 0) is 43.3 Å². The predicted molar refractivity (Wildman–Crippen MR) is 151 cm³/mol. The van der Waals surface area contributed by atoms with Crippen molar-refractivity contribution in [3.8, 4) is 0 Å². The molecule has 3 aromatic rings. The lowest BCUT2D eigenvalue weighted by molar-refractivity contribution is 0.101. The number of hydrogen-bond donors (Lipinski definition) is 1. The van der Waals surface area contributed by atoms with E-state index in [0.717, 1.165) is 65.1 Å². The number of Topliss-reactive ketones (excluding diaryl/α,β-unsaturated/α-hetero) is 1. The molecule has 3 aliphatic rings. The van der Waals surface area contributed by atoms with E-state index < -0.39 is 0 Å². The van der Waals surface area contributed by atoms with Crippen molar-refractivity contribution in [1.82, 2.24) is 24.8 Å². The molecule has 0 amide bonds. The second-order valence-electron chi connectivity index (χ2n) is 10.3. The Kier molecular flexibility index (Phi) is 7.65. The van der Waals surface area contributed by atoms with Crippen LogP contribution in [0.25, 0.3) is 16.7 Å². The molecule has 37 heavy (non-hydrogen) atoms. The van der Waals surface area contributed by atoms with Crippen LogP contribution >= 0.6 is 0 Å². The van der Waals surface area contributed by atoms with E-state index in [2.05, 4.69) is 41.1 Å². The Labute approximate surface area is 219 Å². The van der Waals surface area contributed by atoms with Gasteiger partial charge in [-0.3, -0.25) is 14.7 Å². The van der Waals surface area contributed by atoms with Crippen LogP contribution in [0, 0.1) is 0 Å². The first-order valence-corrected chi connectivity index (χ1v) is 13.5. The number of rotatable bonds is 4. The van der Waals surface area contributed by atoms with Crippen LogP contribution in [0.2, 0.25) is 0 Å². The number of likely N-dealkylation sites (N-methyl/N-ethyl adjacent to an activating group) is 1. The van der Waals surface area contributed by atoms with Crippen molar-refractivity contribution in [3.05, 3.63) is 89.2 Å². The fourth-order valence-corrected chi connectivity index (χ4v) is 5.50. The van der Waals surface area contributed by atoms with E-state index in [1.807, 2.05) is 30.6 Å². The van der Waals surface area contributed by atoms with Gasteiger partial charge < -0.3 is 5.32 Å². The third kappa shape index (κ3) is 5.44. The molecule has 1 N–H and O–H groups in total. The maximum atomic E-state index is 12.0. The Bertz CT molecular complexity index is 1360. The van der Waals surface area contributed by atoms with Gasteiger partial charge in [-0.15, -0.1) is 0 Å². The van der Waals surface area contributed by atoms with Crippen LogP contribution in [0.4, 0.5) is 0 Å². The van der Waals surface area contributed by atoms with E-state index in [1.54, 1.807) is 17.6 Å². The summed E-state index contributed by atoms with van der Waals surface area (Å²) in [5.41, 5.74) is 9.22. The van der Waals surface area contributed by atoms with Gasteiger partial charge in [0.05, 0.1) is 23.0 Å². The van der Waals surface area contributed by atoms with Crippen LogP contribution in [-0.2, 0) is 6.42 Å². The number of pyridine rings is 2. The number of carbonyl (C=O) groups is 1. The summed E-state index contributed by atoms with van der Waals surface area (Å²) in [5.74, 6) is 0.0177. The Hall–Kier alpha value is -3.51. The first-order valence-electron chi connectivity index (χ1n) is 13.5. The molecule has 1 saturated heterocycles. The van der Waals surface area contributed by atoms with Crippen molar-refractivity contribution < 1.29 is 4.79 Å². The van der Waals surface area contributed by atoms with Gasteiger partial charge in [0.1, 0.15) is 0 Å². The Balaban J connectivity index is 0.000000412. The number of aromatic nitrogens is 3. The lowest BCUT2D eigenvalue weighted by atomic mass is 9.96. The Morgan fingerprint density at radius 2 is 1.86 bits per heavy atom. The summed E-state index contributed by atoms with van der Waals surface area (Å²) in [6, 6.07) is 6.30. The second-order valence-corrected chi connectivity index (χ2v) is 10.3. The molecule has 0 aromatic carbocycles. The highest BCUT2D eigenvalue weighted by Gasteiger charge is 2.21. The molecular formula is C31H37N5O. The molecule has 3 aromatic heterocycles. The lowest BCUT2D eigenvalue weighted by Gasteiger charge is -2.28. The SMILES string of the molecule is C1CCCCC1.C=C/C(=C1/CN(C)CCN1)c1cnc2c(c1)C(c1ccn3ncc(C(C)=O)c3c1)=CC2. The van der Waals surface area contributed by atoms with Crippen molar-refractivity contribution in [2.24, 2.45) is 0 Å². The van der Waals surface area contributed by atoms with E-state index in [4.69, 9.17) is 4.98 Å². The van der Waals surface area contributed by atoms with Crippen molar-refractivity contribution in [2.45, 2.75) is 51.9 Å². The zero-order valence-corrected chi connectivity index (χ0v) is 22.1. The van der Waals surface area contributed by atoms with E-state index in [1.165, 1.54) is 44.2 Å². The van der Waals surface area contributed by atoms with Crippen LogP contribution in [-0.4, -0.2) is 52.0 Å². The maximum absolute atomic E-state index is 12.0. The third-order valence-electron chi connectivity index (χ3n) is 7.57. The number of allylic oxidation sites excluding steroid dienone is 3. The van der Waals surface area contributed by atoms with Crippen LogP contribution in [0.5, 0.6) is 0 Å².